The van der Waals surface area contributed by atoms with E-state index in [0.717, 1.165) is 49.4 Å². The maximum atomic E-state index is 11.1. The number of rotatable bonds is 5. The SMILES string of the molecule is COc1ccc(-c2cccc3c2N2CCNCCC2C3)c(CCC(=O)O)c1. The largest absolute Gasteiger partial charge is 0.497 e. The van der Waals surface area contributed by atoms with Gasteiger partial charge in [0, 0.05) is 36.8 Å². The molecular weight excluding hydrogens is 340 g/mol. The zero-order chi connectivity index (χ0) is 18.8. The number of aliphatic carboxylic acids is 1. The second-order valence-electron chi connectivity index (χ2n) is 7.32. The number of nitrogens with zero attached hydrogens (tertiary/aromatic N) is 1. The minimum atomic E-state index is -0.777. The molecule has 2 N–H and O–H groups in total. The van der Waals surface area contributed by atoms with Crippen LogP contribution in [0.5, 0.6) is 5.75 Å². The van der Waals surface area contributed by atoms with Gasteiger partial charge in [-0.25, -0.2) is 0 Å². The Bertz CT molecular complexity index is 849. The van der Waals surface area contributed by atoms with Gasteiger partial charge in [-0.2, -0.15) is 0 Å². The van der Waals surface area contributed by atoms with E-state index in [1.54, 1.807) is 7.11 Å². The van der Waals surface area contributed by atoms with Crippen LogP contribution in [0.4, 0.5) is 5.69 Å². The van der Waals surface area contributed by atoms with Crippen LogP contribution in [0.3, 0.4) is 0 Å². The first-order valence-electron chi connectivity index (χ1n) is 9.65. The summed E-state index contributed by atoms with van der Waals surface area (Å²) in [5.41, 5.74) is 6.08. The molecule has 2 aromatic carbocycles. The fourth-order valence-electron chi connectivity index (χ4n) is 4.41. The van der Waals surface area contributed by atoms with Crippen LogP contribution in [0.25, 0.3) is 11.1 Å². The zero-order valence-electron chi connectivity index (χ0n) is 15.7. The molecule has 27 heavy (non-hydrogen) atoms. The predicted molar refractivity (Wildman–Crippen MR) is 107 cm³/mol. The van der Waals surface area contributed by atoms with E-state index in [9.17, 15) is 4.79 Å². The number of carboxylic acid groups (broad SMARTS) is 1. The molecule has 0 bridgehead atoms. The number of nitrogens with one attached hydrogen (secondary N) is 1. The van der Waals surface area contributed by atoms with E-state index in [4.69, 9.17) is 9.84 Å². The molecule has 0 amide bonds. The zero-order valence-corrected chi connectivity index (χ0v) is 15.7. The number of ether oxygens (including phenoxy) is 1. The minimum absolute atomic E-state index is 0.117. The van der Waals surface area contributed by atoms with Crippen LogP contribution >= 0.6 is 0 Å². The van der Waals surface area contributed by atoms with Crippen molar-refractivity contribution in [1.82, 2.24) is 5.32 Å². The van der Waals surface area contributed by atoms with Crippen molar-refractivity contribution in [3.63, 3.8) is 0 Å². The number of aryl methyl sites for hydroxylation is 1. The number of hydrogen-bond donors (Lipinski definition) is 2. The van der Waals surface area contributed by atoms with Crippen LogP contribution < -0.4 is 15.0 Å². The fraction of sp³-hybridized carbons (Fsp3) is 0.409. The first kappa shape index (κ1) is 17.9. The monoisotopic (exact) mass is 366 g/mol. The van der Waals surface area contributed by atoms with Crippen LogP contribution in [0, 0.1) is 0 Å². The Kier molecular flexibility index (Phi) is 5.03. The third-order valence-corrected chi connectivity index (χ3v) is 5.70. The van der Waals surface area contributed by atoms with Crippen molar-refractivity contribution in [1.29, 1.82) is 0 Å². The van der Waals surface area contributed by atoms with Gasteiger partial charge in [0.1, 0.15) is 5.75 Å². The molecule has 2 aliphatic rings. The van der Waals surface area contributed by atoms with Crippen molar-refractivity contribution in [3.8, 4) is 16.9 Å². The van der Waals surface area contributed by atoms with Gasteiger partial charge in [-0.3, -0.25) is 4.79 Å². The van der Waals surface area contributed by atoms with Gasteiger partial charge in [0.2, 0.25) is 0 Å². The number of para-hydroxylation sites is 1. The Morgan fingerprint density at radius 3 is 2.96 bits per heavy atom. The van der Waals surface area contributed by atoms with Crippen LogP contribution in [-0.2, 0) is 17.6 Å². The molecule has 142 valence electrons. The van der Waals surface area contributed by atoms with Gasteiger partial charge in [-0.15, -0.1) is 0 Å². The molecular formula is C22H26N2O3. The third-order valence-electron chi connectivity index (χ3n) is 5.70. The molecule has 2 aromatic rings. The molecule has 1 fully saturated rings. The van der Waals surface area contributed by atoms with Gasteiger partial charge in [0.25, 0.3) is 0 Å². The quantitative estimate of drug-likeness (QED) is 0.851. The average molecular weight is 366 g/mol. The predicted octanol–water partition coefficient (Wildman–Crippen LogP) is 3.10. The summed E-state index contributed by atoms with van der Waals surface area (Å²) in [7, 11) is 1.64. The smallest absolute Gasteiger partial charge is 0.303 e. The molecule has 0 radical (unpaired) electrons. The standard InChI is InChI=1S/C22H26N2O3/c1-27-18-6-7-19(15(14-18)5-8-21(25)26)20-4-2-3-16-13-17-9-10-23-11-12-24(17)22(16)20/h2-4,6-7,14,17,23H,5,8-13H2,1H3,(H,25,26). The number of anilines is 1. The summed E-state index contributed by atoms with van der Waals surface area (Å²) in [6, 6.07) is 13.1. The van der Waals surface area contributed by atoms with Crippen molar-refractivity contribution < 1.29 is 14.6 Å². The summed E-state index contributed by atoms with van der Waals surface area (Å²) in [5, 5.41) is 12.7. The molecule has 1 atom stereocenters. The van der Waals surface area contributed by atoms with Gasteiger partial charge in [-0.05, 0) is 54.6 Å². The van der Waals surface area contributed by atoms with Crippen molar-refractivity contribution in [2.75, 3.05) is 31.6 Å². The molecule has 5 heteroatoms. The van der Waals surface area contributed by atoms with Crippen molar-refractivity contribution in [3.05, 3.63) is 47.5 Å². The second kappa shape index (κ2) is 7.61. The van der Waals surface area contributed by atoms with Gasteiger partial charge >= 0.3 is 5.97 Å². The van der Waals surface area contributed by atoms with Crippen LogP contribution in [0.2, 0.25) is 0 Å². The molecule has 0 aromatic heterocycles. The first-order valence-corrected chi connectivity index (χ1v) is 9.65. The normalized spacial score (nSPS) is 18.6. The molecule has 4 rings (SSSR count). The molecule has 2 heterocycles. The summed E-state index contributed by atoms with van der Waals surface area (Å²) < 4.78 is 5.38. The molecule has 0 spiro atoms. The highest BCUT2D eigenvalue weighted by molar-refractivity contribution is 5.85. The average Bonchev–Trinajstić information content (AvgIpc) is 2.87. The first-order chi connectivity index (χ1) is 13.2. The van der Waals surface area contributed by atoms with Gasteiger partial charge in [0.05, 0.1) is 7.11 Å². The lowest BCUT2D eigenvalue weighted by Gasteiger charge is -2.27. The molecule has 5 nitrogen and oxygen atoms in total. The topological polar surface area (TPSA) is 61.8 Å². The molecule has 0 saturated carbocycles. The Balaban J connectivity index is 1.79. The van der Waals surface area contributed by atoms with E-state index in [2.05, 4.69) is 34.5 Å². The Morgan fingerprint density at radius 1 is 1.26 bits per heavy atom. The summed E-state index contributed by atoms with van der Waals surface area (Å²) in [6.07, 6.45) is 2.86. The minimum Gasteiger partial charge on any atom is -0.497 e. The highest BCUT2D eigenvalue weighted by Crippen LogP contribution is 2.43. The molecule has 1 unspecified atom stereocenters. The number of carboxylic acids is 1. The van der Waals surface area contributed by atoms with Crippen molar-refractivity contribution in [2.45, 2.75) is 31.7 Å². The van der Waals surface area contributed by atoms with Crippen LogP contribution in [-0.4, -0.2) is 43.9 Å². The lowest BCUT2D eigenvalue weighted by Crippen LogP contribution is -2.33. The number of carbonyl (C=O) groups is 1. The molecule has 0 aliphatic carbocycles. The van der Waals surface area contributed by atoms with E-state index in [0.29, 0.717) is 12.5 Å². The van der Waals surface area contributed by atoms with Crippen molar-refractivity contribution in [2.24, 2.45) is 0 Å². The second-order valence-corrected chi connectivity index (χ2v) is 7.32. The maximum absolute atomic E-state index is 11.1. The number of methoxy groups -OCH3 is 1. The van der Waals surface area contributed by atoms with E-state index in [1.807, 2.05) is 12.1 Å². The Morgan fingerprint density at radius 2 is 2.15 bits per heavy atom. The van der Waals surface area contributed by atoms with Gasteiger partial charge < -0.3 is 20.1 Å². The highest BCUT2D eigenvalue weighted by Gasteiger charge is 2.32. The van der Waals surface area contributed by atoms with Crippen molar-refractivity contribution >= 4 is 11.7 Å². The maximum Gasteiger partial charge on any atom is 0.303 e. The lowest BCUT2D eigenvalue weighted by molar-refractivity contribution is -0.136. The number of benzene rings is 2. The Hall–Kier alpha value is -2.53. The van der Waals surface area contributed by atoms with Crippen LogP contribution in [0.1, 0.15) is 24.0 Å². The van der Waals surface area contributed by atoms with E-state index >= 15 is 0 Å². The lowest BCUT2D eigenvalue weighted by atomic mass is 9.93. The van der Waals surface area contributed by atoms with Crippen LogP contribution in [0.15, 0.2) is 36.4 Å². The summed E-state index contributed by atoms with van der Waals surface area (Å²) in [4.78, 5) is 13.7. The van der Waals surface area contributed by atoms with Gasteiger partial charge in [-0.1, -0.05) is 24.3 Å². The number of hydrogen-bond acceptors (Lipinski definition) is 4. The summed E-state index contributed by atoms with van der Waals surface area (Å²) in [6.45, 7) is 3.07. The molecule has 2 aliphatic heterocycles. The third kappa shape index (κ3) is 3.52. The van der Waals surface area contributed by atoms with E-state index in [1.165, 1.54) is 16.8 Å². The fourth-order valence-corrected chi connectivity index (χ4v) is 4.41. The summed E-state index contributed by atoms with van der Waals surface area (Å²) >= 11 is 0. The van der Waals surface area contributed by atoms with E-state index in [-0.39, 0.29) is 6.42 Å². The summed E-state index contributed by atoms with van der Waals surface area (Å²) in [5.74, 6) is -0.00992. The van der Waals surface area contributed by atoms with E-state index < -0.39 is 5.97 Å². The van der Waals surface area contributed by atoms with Gasteiger partial charge in [0.15, 0.2) is 0 Å². The highest BCUT2D eigenvalue weighted by atomic mass is 16.5. The molecule has 1 saturated heterocycles. The Labute approximate surface area is 160 Å². The number of fused-ring (bicyclic) bond motifs is 3.